The van der Waals surface area contributed by atoms with Gasteiger partial charge >= 0.3 is 6.03 Å². The Morgan fingerprint density at radius 3 is 2.30 bits per heavy atom. The molecule has 2 aliphatic rings. The third-order valence-corrected chi connectivity index (χ3v) is 9.67. The van der Waals surface area contributed by atoms with Gasteiger partial charge in [0.2, 0.25) is 0 Å². The number of likely N-dealkylation sites (tertiary alicyclic amines) is 1. The molecule has 3 aromatic rings. The van der Waals surface area contributed by atoms with E-state index >= 15 is 4.79 Å². The van der Waals surface area contributed by atoms with Crippen molar-refractivity contribution in [3.63, 3.8) is 0 Å². The molecule has 2 fully saturated rings. The highest BCUT2D eigenvalue weighted by Crippen LogP contribution is 2.42. The molecule has 2 saturated heterocycles. The zero-order valence-electron chi connectivity index (χ0n) is 27.0. The zero-order valence-corrected chi connectivity index (χ0v) is 27.0. The number of aliphatic hydroxyl groups excluding tert-OH is 1. The lowest BCUT2D eigenvalue weighted by Crippen LogP contribution is -2.68. The van der Waals surface area contributed by atoms with Gasteiger partial charge in [0.05, 0.1) is 31.4 Å². The number of aliphatic hydroxyl groups is 1. The number of hydrogen-bond donors (Lipinski definition) is 3. The summed E-state index contributed by atoms with van der Waals surface area (Å²) in [6.07, 6.45) is 8.02. The number of nitrogens with two attached hydrogens (primary N) is 1. The van der Waals surface area contributed by atoms with Crippen molar-refractivity contribution < 1.29 is 14.4 Å². The molecule has 238 valence electrons. The molecule has 4 N–H and O–H groups in total. The van der Waals surface area contributed by atoms with Crippen molar-refractivity contribution in [1.82, 2.24) is 19.8 Å². The van der Waals surface area contributed by atoms with Crippen LogP contribution < -0.4 is 11.1 Å². The number of aromatic nitrogens is 2. The van der Waals surface area contributed by atoms with Gasteiger partial charge in [-0.25, -0.2) is 14.3 Å². The first-order chi connectivity index (χ1) is 21.2. The molecule has 2 amide bonds. The molecular weight excluding hydrogens is 548 g/mol. The number of piperidine rings is 2. The van der Waals surface area contributed by atoms with Crippen molar-refractivity contribution in [3.05, 3.63) is 78.2 Å². The van der Waals surface area contributed by atoms with E-state index < -0.39 is 0 Å². The van der Waals surface area contributed by atoms with E-state index in [-0.39, 0.29) is 30.1 Å². The molecule has 8 nitrogen and oxygen atoms in total. The highest BCUT2D eigenvalue weighted by molar-refractivity contribution is 5.69. The van der Waals surface area contributed by atoms with Crippen LogP contribution in [-0.4, -0.2) is 81.5 Å². The molecule has 3 heterocycles. The molecule has 2 aromatic carbocycles. The summed E-state index contributed by atoms with van der Waals surface area (Å²) < 4.78 is 2.78. The first kappa shape index (κ1) is 32.4. The summed E-state index contributed by atoms with van der Waals surface area (Å²) in [6.45, 7) is 11.4. The molecule has 5 rings (SSSR count). The summed E-state index contributed by atoms with van der Waals surface area (Å²) in [7, 11) is 0. The second-order valence-corrected chi connectivity index (χ2v) is 14.0. The number of urea groups is 1. The number of rotatable bonds is 10. The molecule has 0 aliphatic carbocycles. The highest BCUT2D eigenvalue weighted by atomic mass is 16.3. The van der Waals surface area contributed by atoms with Gasteiger partial charge in [0.1, 0.15) is 11.9 Å². The summed E-state index contributed by atoms with van der Waals surface area (Å²) in [5, 5.41) is 13.4. The number of amides is 2. The quantitative estimate of drug-likeness (QED) is 0.264. The molecule has 1 aromatic heterocycles. The Hall–Kier alpha value is -3.04. The number of hydrogen-bond acceptors (Lipinski definition) is 5. The molecule has 0 spiro atoms. The van der Waals surface area contributed by atoms with Gasteiger partial charge in [0.15, 0.2) is 0 Å². The molecule has 8 heteroatoms. The van der Waals surface area contributed by atoms with Crippen LogP contribution in [0, 0.1) is 5.41 Å². The Bertz CT molecular complexity index is 1320. The Kier molecular flexibility index (Phi) is 10.6. The average Bonchev–Trinajstić information content (AvgIpc) is 3.46. The van der Waals surface area contributed by atoms with Crippen LogP contribution in [0.1, 0.15) is 76.7 Å². The van der Waals surface area contributed by atoms with Crippen molar-refractivity contribution in [3.8, 4) is 11.3 Å². The largest absolute Gasteiger partial charge is 0.420 e. The number of carbonyl (C=O) groups is 1. The summed E-state index contributed by atoms with van der Waals surface area (Å²) in [5.41, 5.74) is 9.15. The van der Waals surface area contributed by atoms with Crippen LogP contribution in [0.15, 0.2) is 66.9 Å². The average molecular weight is 602 g/mol. The normalized spacial score (nSPS) is 18.9. The van der Waals surface area contributed by atoms with E-state index in [1.807, 2.05) is 24.3 Å². The molecule has 0 unspecified atom stereocenters. The molecular formula is C36H53N6O2+. The van der Waals surface area contributed by atoms with Crippen LogP contribution in [-0.2, 0) is 6.54 Å². The molecule has 0 radical (unpaired) electrons. The fourth-order valence-electron chi connectivity index (χ4n) is 7.37. The molecule has 2 atom stereocenters. The predicted octanol–water partition coefficient (Wildman–Crippen LogP) is 5.57. The van der Waals surface area contributed by atoms with E-state index in [9.17, 15) is 5.11 Å². The van der Waals surface area contributed by atoms with Gasteiger partial charge < -0.3 is 20.7 Å². The Morgan fingerprint density at radius 1 is 1.05 bits per heavy atom. The number of carbonyl (C=O) groups excluding carboxylic acids is 1. The van der Waals surface area contributed by atoms with Crippen LogP contribution >= 0.6 is 0 Å². The van der Waals surface area contributed by atoms with Crippen molar-refractivity contribution in [2.45, 2.75) is 84.0 Å². The zero-order chi connectivity index (χ0) is 31.2. The monoisotopic (exact) mass is 601 g/mol. The summed E-state index contributed by atoms with van der Waals surface area (Å²) in [6, 6.07) is 20.6. The van der Waals surface area contributed by atoms with Gasteiger partial charge in [-0.1, -0.05) is 81.4 Å². The summed E-state index contributed by atoms with van der Waals surface area (Å²) >= 11 is 0. The minimum atomic E-state index is -0.386. The highest BCUT2D eigenvalue weighted by Gasteiger charge is 2.51. The van der Waals surface area contributed by atoms with Crippen LogP contribution in [0.4, 0.5) is 4.79 Å². The van der Waals surface area contributed by atoms with Crippen LogP contribution in [0.5, 0.6) is 0 Å². The van der Waals surface area contributed by atoms with E-state index in [2.05, 4.69) is 78.2 Å². The second-order valence-electron chi connectivity index (χ2n) is 14.0. The fraction of sp³-hybridized carbons (Fsp3) is 0.556. The number of imidazole rings is 1. The minimum Gasteiger partial charge on any atom is -0.395 e. The Balaban J connectivity index is 1.64. The fourth-order valence-corrected chi connectivity index (χ4v) is 7.37. The Morgan fingerprint density at radius 2 is 1.68 bits per heavy atom. The molecule has 0 bridgehead atoms. The summed E-state index contributed by atoms with van der Waals surface area (Å²) in [5.74, 6) is 0.895. The van der Waals surface area contributed by atoms with E-state index in [1.54, 1.807) is 0 Å². The van der Waals surface area contributed by atoms with Gasteiger partial charge in [-0.05, 0) is 36.7 Å². The third-order valence-electron chi connectivity index (χ3n) is 9.67. The Labute approximate surface area is 263 Å². The van der Waals surface area contributed by atoms with Gasteiger partial charge in [-0.2, -0.15) is 0 Å². The van der Waals surface area contributed by atoms with E-state index in [1.165, 1.54) is 12.0 Å². The van der Waals surface area contributed by atoms with Gasteiger partial charge in [-0.15, -0.1) is 0 Å². The molecule has 0 saturated carbocycles. The second kappa shape index (κ2) is 14.4. The number of nitrogens with one attached hydrogen (secondary N) is 1. The maximum atomic E-state index is 15.4. The van der Waals surface area contributed by atoms with Crippen molar-refractivity contribution >= 4 is 6.03 Å². The van der Waals surface area contributed by atoms with Crippen LogP contribution in [0.3, 0.4) is 0 Å². The van der Waals surface area contributed by atoms with Crippen molar-refractivity contribution in [2.75, 3.05) is 39.3 Å². The topological polar surface area (TPSA) is 96.4 Å². The number of quaternary nitrogens is 1. The van der Waals surface area contributed by atoms with Gasteiger partial charge in [0.25, 0.3) is 0 Å². The maximum Gasteiger partial charge on any atom is 0.420 e. The van der Waals surface area contributed by atoms with E-state index in [0.29, 0.717) is 30.0 Å². The van der Waals surface area contributed by atoms with E-state index in [0.717, 1.165) is 68.9 Å². The van der Waals surface area contributed by atoms with Crippen LogP contribution in [0.2, 0.25) is 0 Å². The SMILES string of the molecule is CC(C)(C)[C@H](c1nc(-c2ccccc2)cn1Cc1ccccc1)N(CC[C@H](N)CO)C(=O)[N+]1(C2CCNCC2)CCCCC1. The van der Waals surface area contributed by atoms with Crippen LogP contribution in [0.25, 0.3) is 11.3 Å². The number of nitrogens with zero attached hydrogens (tertiary/aromatic N) is 4. The lowest BCUT2D eigenvalue weighted by molar-refractivity contribution is -0.885. The van der Waals surface area contributed by atoms with Gasteiger partial charge in [-0.3, -0.25) is 4.90 Å². The first-order valence-corrected chi connectivity index (χ1v) is 16.6. The lowest BCUT2D eigenvalue weighted by atomic mass is 9.84. The smallest absolute Gasteiger partial charge is 0.395 e. The lowest BCUT2D eigenvalue weighted by Gasteiger charge is -2.50. The molecule has 2 aliphatic heterocycles. The van der Waals surface area contributed by atoms with E-state index in [4.69, 9.17) is 10.7 Å². The maximum absolute atomic E-state index is 15.4. The predicted molar refractivity (Wildman–Crippen MR) is 177 cm³/mol. The van der Waals surface area contributed by atoms with Crippen molar-refractivity contribution in [1.29, 1.82) is 0 Å². The first-order valence-electron chi connectivity index (χ1n) is 16.6. The number of benzene rings is 2. The third kappa shape index (κ3) is 7.26. The standard InChI is InChI=1S/C36H53N6O2/c1-36(2,3)33(34-39-32(29-15-9-5-10-16-29)26-40(34)25-28-13-7-4-8-14-28)41(22-19-30(37)27-43)35(44)42(23-11-6-12-24-42)31-17-20-38-21-18-31/h4-5,7-10,13-16,26,30-31,33,38,43H,6,11-12,17-25,27,37H2,1-3H3/q+1/t30-,33-/m0/s1. The summed E-state index contributed by atoms with van der Waals surface area (Å²) in [4.78, 5) is 22.8. The molecule has 44 heavy (non-hydrogen) atoms. The van der Waals surface area contributed by atoms with Gasteiger partial charge in [0, 0.05) is 56.8 Å². The minimum absolute atomic E-state index is 0.0999. The van der Waals surface area contributed by atoms with Crippen molar-refractivity contribution in [2.24, 2.45) is 11.1 Å².